The van der Waals surface area contributed by atoms with E-state index in [1.165, 1.54) is 31.2 Å². The number of hydrogen-bond donors (Lipinski definition) is 1. The standard InChI is InChI=1S/C14H14N2O5S/c1-9(16)12(7-15)13(17)8-21-14(18)10-3-5-11(6-4-10)22(2,19)20/h3-6H,8,16H2,1-2H3. The highest BCUT2D eigenvalue weighted by Gasteiger charge is 2.16. The van der Waals surface area contributed by atoms with Crippen LogP contribution in [0.15, 0.2) is 40.4 Å². The number of hydrogen-bond acceptors (Lipinski definition) is 7. The van der Waals surface area contributed by atoms with E-state index in [4.69, 9.17) is 15.7 Å². The molecule has 0 bridgehead atoms. The van der Waals surface area contributed by atoms with E-state index in [2.05, 4.69) is 0 Å². The Labute approximate surface area is 127 Å². The minimum absolute atomic E-state index is 0.0426. The maximum Gasteiger partial charge on any atom is 0.338 e. The topological polar surface area (TPSA) is 127 Å². The molecule has 1 aromatic carbocycles. The van der Waals surface area contributed by atoms with Crippen LogP contribution in [0.1, 0.15) is 17.3 Å². The molecule has 0 heterocycles. The Morgan fingerprint density at radius 3 is 2.23 bits per heavy atom. The van der Waals surface area contributed by atoms with Gasteiger partial charge in [0.05, 0.1) is 10.5 Å². The zero-order valence-corrected chi connectivity index (χ0v) is 12.8. The lowest BCUT2D eigenvalue weighted by molar-refractivity contribution is -0.118. The molecule has 0 saturated carbocycles. The summed E-state index contributed by atoms with van der Waals surface area (Å²) in [6.45, 7) is 0.770. The first-order valence-electron chi connectivity index (χ1n) is 6.03. The molecule has 0 aliphatic rings. The smallest absolute Gasteiger partial charge is 0.338 e. The maximum atomic E-state index is 11.7. The van der Waals surface area contributed by atoms with Gasteiger partial charge in [-0.05, 0) is 31.2 Å². The molecule has 1 aromatic rings. The van der Waals surface area contributed by atoms with Gasteiger partial charge in [0, 0.05) is 12.0 Å². The Hall–Kier alpha value is -2.66. The lowest BCUT2D eigenvalue weighted by Crippen LogP contribution is -2.17. The molecular weight excluding hydrogens is 308 g/mol. The Morgan fingerprint density at radius 1 is 1.27 bits per heavy atom. The van der Waals surface area contributed by atoms with Crippen LogP contribution in [0.5, 0.6) is 0 Å². The normalized spacial score (nSPS) is 12.0. The molecule has 0 saturated heterocycles. The largest absolute Gasteiger partial charge is 0.454 e. The molecule has 2 N–H and O–H groups in total. The van der Waals surface area contributed by atoms with Gasteiger partial charge >= 0.3 is 5.97 Å². The van der Waals surface area contributed by atoms with Gasteiger partial charge in [0.15, 0.2) is 16.4 Å². The zero-order valence-electron chi connectivity index (χ0n) is 12.0. The number of ketones is 1. The molecule has 1 rings (SSSR count). The number of carbonyl (C=O) groups is 2. The van der Waals surface area contributed by atoms with E-state index >= 15 is 0 Å². The highest BCUT2D eigenvalue weighted by atomic mass is 32.2. The van der Waals surface area contributed by atoms with Crippen LogP contribution in [0.3, 0.4) is 0 Å². The number of nitriles is 1. The molecule has 0 spiro atoms. The van der Waals surface area contributed by atoms with E-state index in [-0.39, 0.29) is 21.7 Å². The maximum absolute atomic E-state index is 11.7. The van der Waals surface area contributed by atoms with Gasteiger partial charge in [-0.15, -0.1) is 0 Å². The molecule has 7 nitrogen and oxygen atoms in total. The van der Waals surface area contributed by atoms with Crippen molar-refractivity contribution in [2.75, 3.05) is 12.9 Å². The molecule has 8 heteroatoms. The number of benzene rings is 1. The summed E-state index contributed by atoms with van der Waals surface area (Å²) >= 11 is 0. The summed E-state index contributed by atoms with van der Waals surface area (Å²) in [5, 5.41) is 8.75. The van der Waals surface area contributed by atoms with E-state index in [1.807, 2.05) is 0 Å². The second-order valence-corrected chi connectivity index (χ2v) is 6.48. The number of nitrogens with zero attached hydrogens (tertiary/aromatic N) is 1. The van der Waals surface area contributed by atoms with Crippen LogP contribution < -0.4 is 5.73 Å². The van der Waals surface area contributed by atoms with Crippen molar-refractivity contribution < 1.29 is 22.7 Å². The van der Waals surface area contributed by atoms with Crippen molar-refractivity contribution in [3.8, 4) is 6.07 Å². The predicted molar refractivity (Wildman–Crippen MR) is 77.3 cm³/mol. The molecule has 0 aliphatic heterocycles. The molecule has 0 amide bonds. The van der Waals surface area contributed by atoms with Crippen LogP contribution in [0.25, 0.3) is 0 Å². The number of esters is 1. The second-order valence-electron chi connectivity index (χ2n) is 4.47. The molecule has 0 aromatic heterocycles. The fourth-order valence-corrected chi connectivity index (χ4v) is 2.13. The van der Waals surface area contributed by atoms with Crippen molar-refractivity contribution in [1.29, 1.82) is 5.26 Å². The van der Waals surface area contributed by atoms with Crippen LogP contribution in [0, 0.1) is 11.3 Å². The number of sulfone groups is 1. The summed E-state index contributed by atoms with van der Waals surface area (Å²) in [4.78, 5) is 23.4. The summed E-state index contributed by atoms with van der Waals surface area (Å²) in [5.41, 5.74) is 5.23. The van der Waals surface area contributed by atoms with Crippen molar-refractivity contribution in [2.24, 2.45) is 5.73 Å². The minimum Gasteiger partial charge on any atom is -0.454 e. The lowest BCUT2D eigenvalue weighted by Gasteiger charge is -2.05. The molecular formula is C14H14N2O5S. The molecule has 0 unspecified atom stereocenters. The average Bonchev–Trinajstić information content (AvgIpc) is 2.44. The van der Waals surface area contributed by atoms with Gasteiger partial charge in [0.25, 0.3) is 0 Å². The van der Waals surface area contributed by atoms with Crippen LogP contribution in [0.4, 0.5) is 0 Å². The quantitative estimate of drug-likeness (QED) is 0.477. The first-order chi connectivity index (χ1) is 10.2. The van der Waals surface area contributed by atoms with Gasteiger partial charge in [-0.2, -0.15) is 5.26 Å². The Kier molecular flexibility index (Phi) is 5.43. The third-order valence-electron chi connectivity index (χ3n) is 2.64. The number of Topliss-reactive ketones (excluding diaryl/α,β-unsaturated/α-hetero) is 1. The van der Waals surface area contributed by atoms with Gasteiger partial charge < -0.3 is 10.5 Å². The van der Waals surface area contributed by atoms with Crippen molar-refractivity contribution in [3.05, 3.63) is 41.1 Å². The van der Waals surface area contributed by atoms with Crippen LogP contribution in [-0.4, -0.2) is 33.0 Å². The van der Waals surface area contributed by atoms with Gasteiger partial charge in [0.2, 0.25) is 5.78 Å². The molecule has 0 atom stereocenters. The van der Waals surface area contributed by atoms with Crippen molar-refractivity contribution in [1.82, 2.24) is 0 Å². The highest BCUT2D eigenvalue weighted by molar-refractivity contribution is 7.90. The summed E-state index contributed by atoms with van der Waals surface area (Å²) in [6.07, 6.45) is 1.05. The van der Waals surface area contributed by atoms with E-state index in [1.54, 1.807) is 6.07 Å². The fraction of sp³-hybridized carbons (Fsp3) is 0.214. The Morgan fingerprint density at radius 2 is 1.82 bits per heavy atom. The van der Waals surface area contributed by atoms with E-state index in [0.717, 1.165) is 6.26 Å². The fourth-order valence-electron chi connectivity index (χ4n) is 1.50. The number of nitrogens with two attached hydrogens (primary N) is 1. The van der Waals surface area contributed by atoms with Crippen molar-refractivity contribution in [2.45, 2.75) is 11.8 Å². The number of carbonyl (C=O) groups excluding carboxylic acids is 2. The van der Waals surface area contributed by atoms with Crippen LogP contribution in [0.2, 0.25) is 0 Å². The molecule has 22 heavy (non-hydrogen) atoms. The first-order valence-corrected chi connectivity index (χ1v) is 7.93. The molecule has 0 radical (unpaired) electrons. The Bertz CT molecular complexity index is 766. The SMILES string of the molecule is CC(N)=C(C#N)C(=O)COC(=O)c1ccc(S(C)(=O)=O)cc1. The summed E-state index contributed by atoms with van der Waals surface area (Å²) in [5.74, 6) is -1.51. The van der Waals surface area contributed by atoms with Crippen LogP contribution in [-0.2, 0) is 19.4 Å². The van der Waals surface area contributed by atoms with Gasteiger partial charge in [0.1, 0.15) is 11.6 Å². The number of rotatable bonds is 5. The zero-order chi connectivity index (χ0) is 16.9. The Balaban J connectivity index is 2.77. The predicted octanol–water partition coefficient (Wildman–Crippen LogP) is 0.572. The van der Waals surface area contributed by atoms with E-state index in [0.29, 0.717) is 0 Å². The van der Waals surface area contributed by atoms with Gasteiger partial charge in [-0.3, -0.25) is 4.79 Å². The second kappa shape index (κ2) is 6.87. The molecule has 0 fully saturated rings. The van der Waals surface area contributed by atoms with Gasteiger partial charge in [-0.25, -0.2) is 13.2 Å². The van der Waals surface area contributed by atoms with Crippen LogP contribution >= 0.6 is 0 Å². The lowest BCUT2D eigenvalue weighted by atomic mass is 10.1. The monoisotopic (exact) mass is 322 g/mol. The third kappa shape index (κ3) is 4.43. The summed E-state index contributed by atoms with van der Waals surface area (Å²) in [6, 6.07) is 6.71. The third-order valence-corrected chi connectivity index (χ3v) is 3.77. The van der Waals surface area contributed by atoms with Crippen molar-refractivity contribution in [3.63, 3.8) is 0 Å². The summed E-state index contributed by atoms with van der Waals surface area (Å²) in [7, 11) is -3.36. The van der Waals surface area contributed by atoms with Gasteiger partial charge in [-0.1, -0.05) is 0 Å². The number of ether oxygens (including phenoxy) is 1. The van der Waals surface area contributed by atoms with E-state index in [9.17, 15) is 18.0 Å². The van der Waals surface area contributed by atoms with E-state index < -0.39 is 28.2 Å². The number of allylic oxidation sites excluding steroid dienone is 1. The highest BCUT2D eigenvalue weighted by Crippen LogP contribution is 2.11. The summed E-state index contributed by atoms with van der Waals surface area (Å²) < 4.78 is 27.4. The first kappa shape index (κ1) is 17.4. The molecule has 0 aliphatic carbocycles. The van der Waals surface area contributed by atoms with Crippen molar-refractivity contribution >= 4 is 21.6 Å². The minimum atomic E-state index is -3.36. The molecule has 116 valence electrons. The average molecular weight is 322 g/mol.